The molecule has 0 aliphatic carbocycles. The second kappa shape index (κ2) is 6.41. The van der Waals surface area contributed by atoms with Crippen LogP contribution in [0.2, 0.25) is 5.02 Å². The average molecular weight is 311 g/mol. The number of nitrogens with zero attached hydrogens (tertiary/aromatic N) is 1. The summed E-state index contributed by atoms with van der Waals surface area (Å²) in [5.74, 6) is -0.377. The molecule has 0 aliphatic heterocycles. The zero-order valence-corrected chi connectivity index (χ0v) is 11.9. The zero-order chi connectivity index (χ0) is 15.4. The maximum Gasteiger partial charge on any atom is 0.274 e. The van der Waals surface area contributed by atoms with Gasteiger partial charge in [0.15, 0.2) is 11.6 Å². The van der Waals surface area contributed by atoms with Crippen molar-refractivity contribution in [2.24, 2.45) is 0 Å². The van der Waals surface area contributed by atoms with E-state index in [1.807, 2.05) is 0 Å². The summed E-state index contributed by atoms with van der Waals surface area (Å²) in [6.07, 6.45) is 0. The first kappa shape index (κ1) is 15.1. The van der Waals surface area contributed by atoms with Crippen molar-refractivity contribution in [1.29, 1.82) is 0 Å². The van der Waals surface area contributed by atoms with Crippen LogP contribution in [-0.2, 0) is 6.54 Å². The summed E-state index contributed by atoms with van der Waals surface area (Å²) in [6.45, 7) is 0.155. The van der Waals surface area contributed by atoms with Crippen molar-refractivity contribution in [3.8, 4) is 5.75 Å². The Hall–Kier alpha value is -2.34. The maximum atomic E-state index is 13.6. The molecule has 2 rings (SSSR count). The lowest BCUT2D eigenvalue weighted by atomic mass is 10.1. The smallest absolute Gasteiger partial charge is 0.274 e. The van der Waals surface area contributed by atoms with Crippen LogP contribution >= 0.6 is 11.6 Å². The van der Waals surface area contributed by atoms with E-state index < -0.39 is 10.7 Å². The van der Waals surface area contributed by atoms with Crippen molar-refractivity contribution < 1.29 is 14.1 Å². The minimum Gasteiger partial charge on any atom is -0.494 e. The highest BCUT2D eigenvalue weighted by Gasteiger charge is 2.13. The second-order valence-corrected chi connectivity index (χ2v) is 4.67. The number of ether oxygens (including phenoxy) is 1. The molecule has 7 heteroatoms. The number of nitro benzene ring substituents is 1. The Morgan fingerprint density at radius 3 is 2.71 bits per heavy atom. The molecule has 5 nitrogen and oxygen atoms in total. The molecular formula is C14H12ClFN2O3. The molecule has 1 N–H and O–H groups in total. The van der Waals surface area contributed by atoms with Gasteiger partial charge in [-0.05, 0) is 24.3 Å². The van der Waals surface area contributed by atoms with Crippen LogP contribution in [0.1, 0.15) is 5.56 Å². The molecule has 0 saturated heterocycles. The molecule has 0 spiro atoms. The number of halogens is 2. The quantitative estimate of drug-likeness (QED) is 0.669. The number of benzene rings is 2. The number of hydrogen-bond donors (Lipinski definition) is 1. The van der Waals surface area contributed by atoms with Gasteiger partial charge in [0.1, 0.15) is 0 Å². The molecule has 0 radical (unpaired) electrons. The third kappa shape index (κ3) is 3.61. The van der Waals surface area contributed by atoms with Gasteiger partial charge in [-0.3, -0.25) is 10.1 Å². The molecule has 0 bridgehead atoms. The normalized spacial score (nSPS) is 10.2. The fourth-order valence-corrected chi connectivity index (χ4v) is 2.04. The largest absolute Gasteiger partial charge is 0.494 e. The Morgan fingerprint density at radius 1 is 1.33 bits per heavy atom. The van der Waals surface area contributed by atoms with Gasteiger partial charge in [0, 0.05) is 29.4 Å². The summed E-state index contributed by atoms with van der Waals surface area (Å²) in [6, 6.07) is 8.66. The van der Waals surface area contributed by atoms with Gasteiger partial charge < -0.3 is 10.1 Å². The van der Waals surface area contributed by atoms with E-state index in [2.05, 4.69) is 5.32 Å². The summed E-state index contributed by atoms with van der Waals surface area (Å²) in [5.41, 5.74) is 0.868. The van der Waals surface area contributed by atoms with Crippen LogP contribution < -0.4 is 10.1 Å². The van der Waals surface area contributed by atoms with Gasteiger partial charge in [-0.1, -0.05) is 11.6 Å². The fraction of sp³-hybridized carbons (Fsp3) is 0.143. The second-order valence-electron chi connectivity index (χ2n) is 4.23. The molecule has 21 heavy (non-hydrogen) atoms. The van der Waals surface area contributed by atoms with E-state index in [4.69, 9.17) is 16.3 Å². The lowest BCUT2D eigenvalue weighted by molar-refractivity contribution is -0.385. The molecule has 0 unspecified atom stereocenters. The van der Waals surface area contributed by atoms with E-state index in [0.717, 1.165) is 0 Å². The molecule has 0 atom stereocenters. The van der Waals surface area contributed by atoms with Crippen molar-refractivity contribution >= 4 is 23.0 Å². The number of hydrogen-bond acceptors (Lipinski definition) is 4. The monoisotopic (exact) mass is 310 g/mol. The molecule has 0 fully saturated rings. The van der Waals surface area contributed by atoms with Gasteiger partial charge in [-0.2, -0.15) is 0 Å². The van der Waals surface area contributed by atoms with Crippen molar-refractivity contribution in [3.63, 3.8) is 0 Å². The Bertz CT molecular complexity index is 679. The minimum atomic E-state index is -0.511. The van der Waals surface area contributed by atoms with Gasteiger partial charge in [-0.15, -0.1) is 0 Å². The van der Waals surface area contributed by atoms with E-state index in [-0.39, 0.29) is 18.0 Å². The molecule has 0 amide bonds. The minimum absolute atomic E-state index is 0.0408. The van der Waals surface area contributed by atoms with E-state index in [1.54, 1.807) is 6.07 Å². The topological polar surface area (TPSA) is 64.4 Å². The Labute approximate surface area is 125 Å². The third-order valence-electron chi connectivity index (χ3n) is 2.87. The number of methoxy groups -OCH3 is 1. The first-order valence-electron chi connectivity index (χ1n) is 6.01. The van der Waals surface area contributed by atoms with Crippen molar-refractivity contribution in [2.75, 3.05) is 12.4 Å². The van der Waals surface area contributed by atoms with Gasteiger partial charge in [0.2, 0.25) is 0 Å². The van der Waals surface area contributed by atoms with Gasteiger partial charge >= 0.3 is 0 Å². The molecule has 0 aromatic heterocycles. The van der Waals surface area contributed by atoms with E-state index in [1.165, 1.54) is 37.4 Å². The third-order valence-corrected chi connectivity index (χ3v) is 3.11. The summed E-state index contributed by atoms with van der Waals surface area (Å²) in [4.78, 5) is 10.5. The fourth-order valence-electron chi connectivity index (χ4n) is 1.85. The van der Waals surface area contributed by atoms with E-state index in [9.17, 15) is 14.5 Å². The Kier molecular flexibility index (Phi) is 4.59. The standard InChI is InChI=1S/C14H12ClFN2O3/c1-21-14-5-3-11(7-12(14)16)17-8-9-6-10(15)2-4-13(9)18(19)20/h2-7,17H,8H2,1H3. The van der Waals surface area contributed by atoms with Crippen LogP contribution in [0.4, 0.5) is 15.8 Å². The summed E-state index contributed by atoms with van der Waals surface area (Å²) in [5, 5.41) is 14.3. The highest BCUT2D eigenvalue weighted by Crippen LogP contribution is 2.25. The predicted octanol–water partition coefficient (Wildman–Crippen LogP) is 4.01. The van der Waals surface area contributed by atoms with Crippen LogP contribution in [0.5, 0.6) is 5.75 Å². The van der Waals surface area contributed by atoms with Crippen LogP contribution in [-0.4, -0.2) is 12.0 Å². The Morgan fingerprint density at radius 2 is 2.10 bits per heavy atom. The molecule has 110 valence electrons. The van der Waals surface area contributed by atoms with E-state index in [0.29, 0.717) is 16.3 Å². The van der Waals surface area contributed by atoms with Gasteiger partial charge in [0.25, 0.3) is 5.69 Å². The highest BCUT2D eigenvalue weighted by molar-refractivity contribution is 6.30. The summed E-state index contributed by atoms with van der Waals surface area (Å²) >= 11 is 5.84. The van der Waals surface area contributed by atoms with Crippen molar-refractivity contribution in [2.45, 2.75) is 6.54 Å². The zero-order valence-electron chi connectivity index (χ0n) is 11.1. The molecule has 2 aromatic carbocycles. The van der Waals surface area contributed by atoms with Crippen LogP contribution in [0.15, 0.2) is 36.4 Å². The molecule has 0 aliphatic rings. The van der Waals surface area contributed by atoms with Crippen LogP contribution in [0.3, 0.4) is 0 Å². The van der Waals surface area contributed by atoms with Gasteiger partial charge in [0.05, 0.1) is 17.6 Å². The molecule has 0 saturated carbocycles. The van der Waals surface area contributed by atoms with Crippen LogP contribution in [0.25, 0.3) is 0 Å². The first-order chi connectivity index (χ1) is 10.0. The lowest BCUT2D eigenvalue weighted by Gasteiger charge is -2.09. The van der Waals surface area contributed by atoms with Gasteiger partial charge in [-0.25, -0.2) is 4.39 Å². The predicted molar refractivity (Wildman–Crippen MR) is 78.4 cm³/mol. The lowest BCUT2D eigenvalue weighted by Crippen LogP contribution is -2.03. The number of rotatable bonds is 5. The molecule has 0 heterocycles. The molecular weight excluding hydrogens is 299 g/mol. The van der Waals surface area contributed by atoms with Crippen LogP contribution in [0, 0.1) is 15.9 Å². The van der Waals surface area contributed by atoms with Crippen molar-refractivity contribution in [3.05, 3.63) is 62.9 Å². The van der Waals surface area contributed by atoms with Crippen molar-refractivity contribution in [1.82, 2.24) is 0 Å². The average Bonchev–Trinajstić information content (AvgIpc) is 2.45. The SMILES string of the molecule is COc1ccc(NCc2cc(Cl)ccc2[N+](=O)[O-])cc1F. The first-order valence-corrected chi connectivity index (χ1v) is 6.39. The number of nitrogens with one attached hydrogen (secondary N) is 1. The number of anilines is 1. The highest BCUT2D eigenvalue weighted by atomic mass is 35.5. The Balaban J connectivity index is 2.18. The summed E-state index contributed by atoms with van der Waals surface area (Å²) in [7, 11) is 1.38. The summed E-state index contributed by atoms with van der Waals surface area (Å²) < 4.78 is 18.4. The molecule has 2 aromatic rings. The maximum absolute atomic E-state index is 13.6. The van der Waals surface area contributed by atoms with E-state index >= 15 is 0 Å². The number of nitro groups is 1.